The van der Waals surface area contributed by atoms with Crippen LogP contribution in [0.15, 0.2) is 109 Å². The van der Waals surface area contributed by atoms with E-state index in [4.69, 9.17) is 18.5 Å². The van der Waals surface area contributed by atoms with E-state index in [-0.39, 0.29) is 32.0 Å². The Bertz CT molecular complexity index is 2030. The smallest absolute Gasteiger partial charge is 0.462 e. The highest BCUT2D eigenvalue weighted by molar-refractivity contribution is 7.47. The molecule has 0 aliphatic rings. The molecular weight excluding hydrogens is 1230 g/mol. The van der Waals surface area contributed by atoms with Crippen molar-refractivity contribution in [2.75, 3.05) is 47.5 Å². The molecule has 0 aliphatic carbocycles. The van der Waals surface area contributed by atoms with Gasteiger partial charge >= 0.3 is 19.8 Å². The molecule has 9 nitrogen and oxygen atoms in total. The number of unbranched alkanes of at least 4 members (excludes halogenated alkanes) is 45. The number of phosphoric ester groups is 1. The van der Waals surface area contributed by atoms with Crippen LogP contribution < -0.4 is 0 Å². The van der Waals surface area contributed by atoms with Gasteiger partial charge in [0, 0.05) is 12.8 Å². The van der Waals surface area contributed by atoms with Crippen molar-refractivity contribution in [2.24, 2.45) is 0 Å². The SMILES string of the molecule is CC/C=C\C/C=C\C/C=C\C/C=C\C/C=C\C/C=C\C/C=C\C/C=C\C/C=C\CCCCCCCC(=O)OC(COC(=O)CCCCCCCCCCCCCCCCCCCCCCCCCCCCCCCCCCCCCCCCCCC)COP(=O)(O)OCC[N+](C)(C)C. The van der Waals surface area contributed by atoms with E-state index in [0.717, 1.165) is 109 Å². The zero-order valence-corrected chi connectivity index (χ0v) is 65.9. The van der Waals surface area contributed by atoms with Gasteiger partial charge < -0.3 is 18.9 Å². The lowest BCUT2D eigenvalue weighted by Gasteiger charge is -2.24. The first-order chi connectivity index (χ1) is 48.0. The molecule has 0 aromatic rings. The first-order valence-electron chi connectivity index (χ1n) is 41.6. The number of phosphoric acid groups is 1. The van der Waals surface area contributed by atoms with Gasteiger partial charge in [-0.2, -0.15) is 0 Å². The number of ether oxygens (including phenoxy) is 2. The second-order valence-electron chi connectivity index (χ2n) is 29.1. The molecule has 0 heterocycles. The van der Waals surface area contributed by atoms with Gasteiger partial charge in [0.05, 0.1) is 27.7 Å². The normalized spacial score (nSPS) is 13.6. The minimum Gasteiger partial charge on any atom is -0.462 e. The van der Waals surface area contributed by atoms with Crippen molar-refractivity contribution in [3.8, 4) is 0 Å². The summed E-state index contributed by atoms with van der Waals surface area (Å²) in [7, 11) is 1.46. The molecular formula is C88H159NO8P+. The summed E-state index contributed by atoms with van der Waals surface area (Å²) in [5.41, 5.74) is 0. The number of nitrogens with zero attached hydrogens (tertiary/aromatic N) is 1. The van der Waals surface area contributed by atoms with Crippen molar-refractivity contribution in [2.45, 2.75) is 392 Å². The van der Waals surface area contributed by atoms with E-state index >= 15 is 0 Å². The van der Waals surface area contributed by atoms with Crippen LogP contribution in [0.25, 0.3) is 0 Å². The molecule has 2 atom stereocenters. The maximum atomic E-state index is 12.9. The molecule has 0 amide bonds. The van der Waals surface area contributed by atoms with Gasteiger partial charge in [-0.3, -0.25) is 18.6 Å². The first kappa shape index (κ1) is 94.7. The van der Waals surface area contributed by atoms with E-state index in [2.05, 4.69) is 123 Å². The largest absolute Gasteiger partial charge is 0.472 e. The average molecular weight is 1390 g/mol. The lowest BCUT2D eigenvalue weighted by Crippen LogP contribution is -2.37. The molecule has 98 heavy (non-hydrogen) atoms. The fraction of sp³-hybridized carbons (Fsp3) is 0.773. The predicted molar refractivity (Wildman–Crippen MR) is 427 cm³/mol. The minimum atomic E-state index is -4.41. The highest BCUT2D eigenvalue weighted by Gasteiger charge is 2.27. The molecule has 0 aromatic carbocycles. The Balaban J connectivity index is 3.96. The molecule has 10 heteroatoms. The van der Waals surface area contributed by atoms with Crippen LogP contribution in [0.4, 0.5) is 0 Å². The Labute approximate surface area is 607 Å². The standard InChI is InChI=1S/C88H158NO8P/c1-6-8-10-12-14-16-18-20-22-24-26-28-30-32-34-36-38-40-41-42-43-44-45-46-47-49-50-52-54-56-58-60-62-64-66-68-70-72-74-76-78-80-87(90)94-84-86(85-96-98(92,93)95-83-82-89(3,4)5)97-88(91)81-79-77-75-73-71-69-67-65-63-61-59-57-55-53-51-48-39-37-35-33-31-29-27-25-23-21-19-17-15-13-11-9-7-2/h9,11,15,17,21,23,27,29,33,35,39,48,53,55,59,61,65,67,86H,6-8,10,12-14,16,18-20,22,24-26,28,30-32,34,36-38,40-47,49-52,54,56-58,60,62-64,66,68-85H2,1-5H3/p+1/b11-9-,17-15-,23-21-,29-27-,35-33-,48-39-,55-53-,61-59-,67-65-. The van der Waals surface area contributed by atoms with Gasteiger partial charge in [-0.05, 0) is 83.5 Å². The number of esters is 2. The summed E-state index contributed by atoms with van der Waals surface area (Å²) in [6, 6.07) is 0. The van der Waals surface area contributed by atoms with E-state index < -0.39 is 26.5 Å². The van der Waals surface area contributed by atoms with E-state index in [9.17, 15) is 19.0 Å². The number of likely N-dealkylation sites (N-methyl/N-ethyl adjacent to an activating group) is 1. The van der Waals surface area contributed by atoms with E-state index in [1.54, 1.807) is 0 Å². The zero-order valence-electron chi connectivity index (χ0n) is 65.0. The number of rotatable bonds is 77. The highest BCUT2D eigenvalue weighted by Crippen LogP contribution is 2.43. The highest BCUT2D eigenvalue weighted by atomic mass is 31.2. The quantitative estimate of drug-likeness (QED) is 0.0211. The Morgan fingerprint density at radius 3 is 0.867 bits per heavy atom. The summed E-state index contributed by atoms with van der Waals surface area (Å²) in [4.78, 5) is 36.0. The van der Waals surface area contributed by atoms with Crippen LogP contribution in [-0.4, -0.2) is 74.9 Å². The molecule has 1 N–H and O–H groups in total. The number of hydrogen-bond acceptors (Lipinski definition) is 7. The molecule has 0 aromatic heterocycles. The Morgan fingerprint density at radius 1 is 0.327 bits per heavy atom. The molecule has 0 saturated heterocycles. The second-order valence-corrected chi connectivity index (χ2v) is 30.6. The van der Waals surface area contributed by atoms with Gasteiger partial charge in [0.2, 0.25) is 0 Å². The summed E-state index contributed by atoms with van der Waals surface area (Å²) in [6.07, 6.45) is 111. The summed E-state index contributed by atoms with van der Waals surface area (Å²) in [5, 5.41) is 0. The van der Waals surface area contributed by atoms with Crippen LogP contribution in [0.3, 0.4) is 0 Å². The van der Waals surface area contributed by atoms with Crippen molar-refractivity contribution >= 4 is 19.8 Å². The first-order valence-corrected chi connectivity index (χ1v) is 43.1. The third kappa shape index (κ3) is 81.6. The van der Waals surface area contributed by atoms with E-state index in [1.807, 2.05) is 21.1 Å². The van der Waals surface area contributed by atoms with Crippen molar-refractivity contribution in [1.82, 2.24) is 0 Å². The van der Waals surface area contributed by atoms with Crippen LogP contribution in [0, 0.1) is 0 Å². The maximum Gasteiger partial charge on any atom is 0.472 e. The molecule has 0 saturated carbocycles. The fourth-order valence-electron chi connectivity index (χ4n) is 12.0. The molecule has 0 radical (unpaired) electrons. The molecule has 0 rings (SSSR count). The van der Waals surface area contributed by atoms with Crippen LogP contribution in [0.2, 0.25) is 0 Å². The molecule has 2 unspecified atom stereocenters. The van der Waals surface area contributed by atoms with Gasteiger partial charge in [-0.15, -0.1) is 0 Å². The lowest BCUT2D eigenvalue weighted by atomic mass is 10.0. The Kier molecular flexibility index (Phi) is 75.2. The monoisotopic (exact) mass is 1390 g/mol. The number of hydrogen-bond donors (Lipinski definition) is 1. The summed E-state index contributed by atoms with van der Waals surface area (Å²) in [6.45, 7) is 4.34. The fourth-order valence-corrected chi connectivity index (χ4v) is 12.8. The van der Waals surface area contributed by atoms with Crippen LogP contribution in [0.1, 0.15) is 386 Å². The Morgan fingerprint density at radius 2 is 0.582 bits per heavy atom. The van der Waals surface area contributed by atoms with Gasteiger partial charge in [0.1, 0.15) is 19.8 Å². The zero-order chi connectivity index (χ0) is 71.1. The molecule has 0 bridgehead atoms. The van der Waals surface area contributed by atoms with Gasteiger partial charge in [0.25, 0.3) is 0 Å². The summed E-state index contributed by atoms with van der Waals surface area (Å²) in [5.74, 6) is -0.811. The summed E-state index contributed by atoms with van der Waals surface area (Å²) >= 11 is 0. The second kappa shape index (κ2) is 77.8. The predicted octanol–water partition coefficient (Wildman–Crippen LogP) is 28.0. The Hall–Kier alpha value is -3.33. The average Bonchev–Trinajstić information content (AvgIpc) is 1.08. The number of carbonyl (C=O) groups excluding carboxylic acids is 2. The number of allylic oxidation sites excluding steroid dienone is 18. The molecule has 0 aliphatic heterocycles. The van der Waals surface area contributed by atoms with Crippen LogP contribution >= 0.6 is 7.82 Å². The summed E-state index contributed by atoms with van der Waals surface area (Å²) < 4.78 is 34.8. The lowest BCUT2D eigenvalue weighted by molar-refractivity contribution is -0.870. The van der Waals surface area contributed by atoms with Gasteiger partial charge in [-0.25, -0.2) is 4.57 Å². The molecule has 0 fully saturated rings. The van der Waals surface area contributed by atoms with Crippen LogP contribution in [-0.2, 0) is 32.7 Å². The third-order valence-corrected chi connectivity index (χ3v) is 19.3. The topological polar surface area (TPSA) is 108 Å². The van der Waals surface area contributed by atoms with Crippen molar-refractivity contribution in [3.63, 3.8) is 0 Å². The van der Waals surface area contributed by atoms with Crippen molar-refractivity contribution < 1.29 is 42.1 Å². The maximum absolute atomic E-state index is 12.9. The van der Waals surface area contributed by atoms with E-state index in [0.29, 0.717) is 17.4 Å². The number of quaternary nitrogens is 1. The molecule has 0 spiro atoms. The van der Waals surface area contributed by atoms with Gasteiger partial charge in [0.15, 0.2) is 6.10 Å². The third-order valence-electron chi connectivity index (χ3n) is 18.3. The number of carbonyl (C=O) groups is 2. The van der Waals surface area contributed by atoms with Crippen LogP contribution in [0.5, 0.6) is 0 Å². The van der Waals surface area contributed by atoms with E-state index in [1.165, 1.54) is 244 Å². The van der Waals surface area contributed by atoms with Gasteiger partial charge in [-0.1, -0.05) is 399 Å². The minimum absolute atomic E-state index is 0.0237. The molecule has 568 valence electrons. The van der Waals surface area contributed by atoms with Crippen molar-refractivity contribution in [1.29, 1.82) is 0 Å². The van der Waals surface area contributed by atoms with Crippen molar-refractivity contribution in [3.05, 3.63) is 109 Å².